The van der Waals surface area contributed by atoms with Gasteiger partial charge in [0, 0.05) is 22.5 Å². The van der Waals surface area contributed by atoms with E-state index in [4.69, 9.17) is 27.6 Å². The van der Waals surface area contributed by atoms with Gasteiger partial charge >= 0.3 is 0 Å². The van der Waals surface area contributed by atoms with Gasteiger partial charge in [-0.2, -0.15) is 0 Å². The van der Waals surface area contributed by atoms with Crippen LogP contribution in [0.3, 0.4) is 0 Å². The maximum atomic E-state index is 14.5. The summed E-state index contributed by atoms with van der Waals surface area (Å²) in [6, 6.07) is 21.2. The summed E-state index contributed by atoms with van der Waals surface area (Å²) in [5, 5.41) is 3.57. The van der Waals surface area contributed by atoms with Gasteiger partial charge in [-0.3, -0.25) is 14.4 Å². The smallest absolute Gasteiger partial charge is 0.238 e. The fourth-order valence-electron chi connectivity index (χ4n) is 6.59. The second-order valence-electron chi connectivity index (χ2n) is 9.92. The van der Waals surface area contributed by atoms with Gasteiger partial charge in [0.2, 0.25) is 11.7 Å². The second kappa shape index (κ2) is 8.70. The lowest BCUT2D eigenvalue weighted by Gasteiger charge is -2.38. The molecule has 4 atom stereocenters. The van der Waals surface area contributed by atoms with E-state index in [1.165, 1.54) is 12.3 Å². The first-order chi connectivity index (χ1) is 18.9. The number of amides is 1. The molecule has 0 aliphatic carbocycles. The Balaban J connectivity index is 1.55. The molecule has 1 amide bonds. The fourth-order valence-corrected chi connectivity index (χ4v) is 7.09. The molecule has 3 aliphatic heterocycles. The molecule has 192 valence electrons. The van der Waals surface area contributed by atoms with E-state index in [-0.39, 0.29) is 28.0 Å². The van der Waals surface area contributed by atoms with Crippen LogP contribution >= 0.6 is 23.2 Å². The minimum Gasteiger partial charge on any atom is -0.461 e. The molecular weight excluding hydrogens is 535 g/mol. The van der Waals surface area contributed by atoms with Crippen LogP contribution in [0, 0.1) is 5.92 Å². The monoisotopic (exact) mass is 554 g/mol. The number of Topliss-reactive ketones (excluding diaryl/α,β-unsaturated/α-hetero) is 2. The number of furan rings is 1. The zero-order valence-electron chi connectivity index (χ0n) is 20.3. The number of hydrogen-bond donors (Lipinski definition) is 1. The van der Waals surface area contributed by atoms with Crippen LogP contribution in [0.2, 0.25) is 10.0 Å². The van der Waals surface area contributed by atoms with Crippen molar-refractivity contribution in [3.8, 4) is 0 Å². The van der Waals surface area contributed by atoms with Crippen molar-refractivity contribution < 1.29 is 18.8 Å². The van der Waals surface area contributed by atoms with Crippen LogP contribution in [0.4, 0.5) is 5.69 Å². The lowest BCUT2D eigenvalue weighted by atomic mass is 9.63. The van der Waals surface area contributed by atoms with Crippen molar-refractivity contribution in [2.45, 2.75) is 17.5 Å². The van der Waals surface area contributed by atoms with Crippen molar-refractivity contribution in [2.75, 3.05) is 5.32 Å². The average molecular weight is 555 g/mol. The Kier molecular flexibility index (Phi) is 5.34. The zero-order chi connectivity index (χ0) is 26.9. The van der Waals surface area contributed by atoms with Crippen molar-refractivity contribution >= 4 is 52.4 Å². The summed E-state index contributed by atoms with van der Waals surface area (Å²) in [5.41, 5.74) is 1.83. The lowest BCUT2D eigenvalue weighted by molar-refractivity contribution is -0.122. The zero-order valence-corrected chi connectivity index (χ0v) is 21.8. The highest BCUT2D eigenvalue weighted by atomic mass is 35.5. The molecule has 3 aliphatic rings. The van der Waals surface area contributed by atoms with Crippen molar-refractivity contribution in [2.24, 2.45) is 5.92 Å². The third-order valence-corrected chi connectivity index (χ3v) is 8.63. The van der Waals surface area contributed by atoms with Gasteiger partial charge in [0.05, 0.1) is 23.2 Å². The van der Waals surface area contributed by atoms with Gasteiger partial charge in [0.25, 0.3) is 0 Å². The number of nitrogens with one attached hydrogen (secondary N) is 1. The minimum absolute atomic E-state index is 0.0775. The van der Waals surface area contributed by atoms with Gasteiger partial charge in [-0.05, 0) is 59.2 Å². The van der Waals surface area contributed by atoms with Gasteiger partial charge < -0.3 is 14.6 Å². The Bertz CT molecular complexity index is 1710. The van der Waals surface area contributed by atoms with E-state index in [0.29, 0.717) is 16.3 Å². The molecule has 1 aromatic heterocycles. The van der Waals surface area contributed by atoms with Gasteiger partial charge in [-0.25, -0.2) is 0 Å². The summed E-state index contributed by atoms with van der Waals surface area (Å²) >= 11 is 12.7. The molecule has 7 rings (SSSR count). The SMILES string of the molecule is O=C(c1ccc(Cl)cc1Cl)[C@@H]1[C@H](C(=O)c2ccco2)[C@]2(C(=O)Nc3ccccc32)[C@H]2c3ccccc3C=CN12. The fraction of sp³-hybridized carbons (Fsp3) is 0.129. The number of carbonyl (C=O) groups excluding carboxylic acids is 3. The first-order valence-electron chi connectivity index (χ1n) is 12.5. The average Bonchev–Trinajstić information content (AvgIpc) is 3.65. The molecule has 4 aromatic rings. The molecule has 0 saturated carbocycles. The normalized spacial score (nSPS) is 24.3. The van der Waals surface area contributed by atoms with E-state index in [2.05, 4.69) is 5.32 Å². The Morgan fingerprint density at radius 1 is 0.923 bits per heavy atom. The summed E-state index contributed by atoms with van der Waals surface area (Å²) in [7, 11) is 0. The number of ketones is 2. The van der Waals surface area contributed by atoms with E-state index < -0.39 is 29.2 Å². The molecule has 3 aromatic carbocycles. The van der Waals surface area contributed by atoms with Crippen LogP contribution < -0.4 is 5.32 Å². The first kappa shape index (κ1) is 23.9. The van der Waals surface area contributed by atoms with E-state index in [9.17, 15) is 14.4 Å². The molecule has 1 N–H and O–H groups in total. The number of fused-ring (bicyclic) bond motifs is 6. The number of para-hydroxylation sites is 1. The highest BCUT2D eigenvalue weighted by Crippen LogP contribution is 2.62. The van der Waals surface area contributed by atoms with E-state index in [1.54, 1.807) is 24.3 Å². The molecule has 0 radical (unpaired) electrons. The van der Waals surface area contributed by atoms with Crippen LogP contribution in [0.15, 0.2) is 95.7 Å². The number of anilines is 1. The quantitative estimate of drug-likeness (QED) is 0.288. The Morgan fingerprint density at radius 2 is 1.72 bits per heavy atom. The lowest BCUT2D eigenvalue weighted by Crippen LogP contribution is -2.49. The summed E-state index contributed by atoms with van der Waals surface area (Å²) in [5.74, 6) is -2.22. The third kappa shape index (κ3) is 3.25. The Labute approximate surface area is 233 Å². The Morgan fingerprint density at radius 3 is 2.51 bits per heavy atom. The van der Waals surface area contributed by atoms with E-state index >= 15 is 0 Å². The van der Waals surface area contributed by atoms with Gasteiger partial charge in [-0.1, -0.05) is 65.7 Å². The van der Waals surface area contributed by atoms with Crippen molar-refractivity contribution in [1.82, 2.24) is 4.90 Å². The van der Waals surface area contributed by atoms with Gasteiger partial charge in [0.15, 0.2) is 11.5 Å². The minimum atomic E-state index is -1.43. The standard InChI is InChI=1S/C31H20Cl2N2O4/c32-18-11-12-20(22(33)16-18)27(36)26-25(28(37)24-10-5-15-39-24)31(21-8-3-4-9-23(21)34-30(31)38)29-19-7-2-1-6-17(19)13-14-35(26)29/h1-16,25-26,29H,(H,34,38)/t25-,26+,29-,31+/m1/s1. The number of rotatable bonds is 4. The van der Waals surface area contributed by atoms with Crippen LogP contribution in [-0.4, -0.2) is 28.4 Å². The maximum Gasteiger partial charge on any atom is 0.238 e. The molecular formula is C31H20Cl2N2O4. The van der Waals surface area contributed by atoms with E-state index in [1.807, 2.05) is 65.7 Å². The van der Waals surface area contributed by atoms with Crippen LogP contribution in [-0.2, 0) is 10.2 Å². The molecule has 0 bridgehead atoms. The van der Waals surface area contributed by atoms with Gasteiger partial charge in [-0.15, -0.1) is 0 Å². The molecule has 1 saturated heterocycles. The predicted molar refractivity (Wildman–Crippen MR) is 148 cm³/mol. The van der Waals surface area contributed by atoms with Crippen molar-refractivity contribution in [1.29, 1.82) is 0 Å². The maximum absolute atomic E-state index is 14.5. The number of carbonyl (C=O) groups is 3. The summed E-state index contributed by atoms with van der Waals surface area (Å²) in [4.78, 5) is 45.1. The molecule has 4 heterocycles. The topological polar surface area (TPSA) is 79.6 Å². The summed E-state index contributed by atoms with van der Waals surface area (Å²) in [6.07, 6.45) is 5.12. The molecule has 1 spiro atoms. The molecule has 0 unspecified atom stereocenters. The predicted octanol–water partition coefficient (Wildman–Crippen LogP) is 6.57. The highest BCUT2D eigenvalue weighted by Gasteiger charge is 2.71. The third-order valence-electron chi connectivity index (χ3n) is 8.08. The van der Waals surface area contributed by atoms with E-state index in [0.717, 1.165) is 11.1 Å². The molecule has 1 fully saturated rings. The molecule has 39 heavy (non-hydrogen) atoms. The summed E-state index contributed by atoms with van der Waals surface area (Å²) in [6.45, 7) is 0. The van der Waals surface area contributed by atoms with Crippen LogP contribution in [0.5, 0.6) is 0 Å². The van der Waals surface area contributed by atoms with Crippen molar-refractivity contribution in [3.05, 3.63) is 129 Å². The Hall–Kier alpha value is -4.13. The number of hydrogen-bond acceptors (Lipinski definition) is 5. The highest BCUT2D eigenvalue weighted by molar-refractivity contribution is 6.37. The number of halogens is 2. The van der Waals surface area contributed by atoms with Gasteiger partial charge in [0.1, 0.15) is 11.5 Å². The van der Waals surface area contributed by atoms with Crippen molar-refractivity contribution in [3.63, 3.8) is 0 Å². The van der Waals surface area contributed by atoms with Crippen LogP contribution in [0.1, 0.15) is 43.6 Å². The summed E-state index contributed by atoms with van der Waals surface area (Å²) < 4.78 is 5.56. The van der Waals surface area contributed by atoms with Crippen LogP contribution in [0.25, 0.3) is 6.08 Å². The molecule has 6 nitrogen and oxygen atoms in total. The number of nitrogens with zero attached hydrogens (tertiary/aromatic N) is 1. The second-order valence-corrected chi connectivity index (χ2v) is 10.8. The first-order valence-corrected chi connectivity index (χ1v) is 13.2. The molecule has 8 heteroatoms. The number of benzene rings is 3. The largest absolute Gasteiger partial charge is 0.461 e.